The lowest BCUT2D eigenvalue weighted by molar-refractivity contribution is -0.125. The molecular weight excluding hydrogens is 406 g/mol. The molecule has 1 N–H and O–H groups in total. The summed E-state index contributed by atoms with van der Waals surface area (Å²) in [5.41, 5.74) is 2.04. The second-order valence-electron chi connectivity index (χ2n) is 8.44. The van der Waals surface area contributed by atoms with Gasteiger partial charge in [-0.05, 0) is 38.0 Å². The van der Waals surface area contributed by atoms with Crippen LogP contribution >= 0.6 is 0 Å². The molecule has 2 amide bonds. The number of oxazole rings is 1. The topological polar surface area (TPSA) is 84.7 Å². The van der Waals surface area contributed by atoms with Gasteiger partial charge in [-0.1, -0.05) is 42.0 Å². The summed E-state index contributed by atoms with van der Waals surface area (Å²) in [6, 6.07) is 16.8. The van der Waals surface area contributed by atoms with Crippen LogP contribution in [0.5, 0.6) is 5.75 Å². The molecule has 2 fully saturated rings. The lowest BCUT2D eigenvalue weighted by Crippen LogP contribution is -2.46. The molecule has 2 heterocycles. The molecule has 7 heteroatoms. The number of hydrogen-bond donors (Lipinski definition) is 1. The number of benzene rings is 2. The van der Waals surface area contributed by atoms with Crippen LogP contribution in [0.25, 0.3) is 11.3 Å². The quantitative estimate of drug-likeness (QED) is 0.645. The van der Waals surface area contributed by atoms with E-state index in [2.05, 4.69) is 10.3 Å². The monoisotopic (exact) mass is 431 g/mol. The molecule has 1 saturated heterocycles. The van der Waals surface area contributed by atoms with Gasteiger partial charge in [0.05, 0.1) is 6.54 Å². The molecule has 2 atom stereocenters. The minimum absolute atomic E-state index is 0.138. The highest BCUT2D eigenvalue weighted by atomic mass is 16.5. The molecule has 3 aromatic rings. The number of aryl methyl sites for hydroxylation is 1. The molecule has 164 valence electrons. The van der Waals surface area contributed by atoms with Crippen LogP contribution in [0, 0.1) is 6.92 Å². The first kappa shape index (κ1) is 20.3. The van der Waals surface area contributed by atoms with E-state index < -0.39 is 6.04 Å². The number of carbonyl (C=O) groups excluding carboxylic acids is 2. The van der Waals surface area contributed by atoms with E-state index in [4.69, 9.17) is 9.15 Å². The third-order valence-electron chi connectivity index (χ3n) is 5.85. The second-order valence-corrected chi connectivity index (χ2v) is 8.44. The number of rotatable bonds is 6. The van der Waals surface area contributed by atoms with Crippen LogP contribution in [0.15, 0.2) is 65.4 Å². The first-order valence-corrected chi connectivity index (χ1v) is 10.9. The van der Waals surface area contributed by atoms with Crippen molar-refractivity contribution in [3.8, 4) is 17.1 Å². The fraction of sp³-hybridized carbons (Fsp3) is 0.320. The van der Waals surface area contributed by atoms with Gasteiger partial charge in [0.15, 0.2) is 17.8 Å². The van der Waals surface area contributed by atoms with E-state index in [1.807, 2.05) is 61.5 Å². The minimum atomic E-state index is -0.612. The summed E-state index contributed by atoms with van der Waals surface area (Å²) < 4.78 is 11.7. The number of nitrogens with one attached hydrogen (secondary N) is 1. The summed E-state index contributed by atoms with van der Waals surface area (Å²) >= 11 is 0. The Morgan fingerprint density at radius 2 is 1.94 bits per heavy atom. The number of hydrogen-bond acceptors (Lipinski definition) is 5. The Balaban J connectivity index is 1.41. The Morgan fingerprint density at radius 3 is 2.69 bits per heavy atom. The molecule has 0 unspecified atom stereocenters. The molecule has 0 bridgehead atoms. The van der Waals surface area contributed by atoms with Gasteiger partial charge in [-0.2, -0.15) is 0 Å². The molecule has 1 aromatic heterocycles. The number of likely N-dealkylation sites (tertiary alicyclic amines) is 1. The molecular formula is C25H25N3O4. The van der Waals surface area contributed by atoms with Crippen molar-refractivity contribution in [3.05, 3.63) is 72.2 Å². The molecule has 0 radical (unpaired) electrons. The van der Waals surface area contributed by atoms with Gasteiger partial charge in [0.1, 0.15) is 17.9 Å². The van der Waals surface area contributed by atoms with Gasteiger partial charge in [0.25, 0.3) is 5.91 Å². The highest BCUT2D eigenvalue weighted by Crippen LogP contribution is 2.30. The second kappa shape index (κ2) is 8.49. The fourth-order valence-corrected chi connectivity index (χ4v) is 4.10. The number of ether oxygens (including phenoxy) is 1. The van der Waals surface area contributed by atoms with Crippen LogP contribution in [-0.4, -0.2) is 46.4 Å². The lowest BCUT2D eigenvalue weighted by atomic mass is 10.1. The predicted molar refractivity (Wildman–Crippen MR) is 118 cm³/mol. The van der Waals surface area contributed by atoms with Crippen LogP contribution in [0.4, 0.5) is 0 Å². The molecule has 1 saturated carbocycles. The average molecular weight is 431 g/mol. The van der Waals surface area contributed by atoms with E-state index in [0.29, 0.717) is 18.7 Å². The van der Waals surface area contributed by atoms with Gasteiger partial charge in [0, 0.05) is 18.0 Å². The van der Waals surface area contributed by atoms with E-state index in [-0.39, 0.29) is 29.7 Å². The van der Waals surface area contributed by atoms with Gasteiger partial charge in [-0.15, -0.1) is 0 Å². The summed E-state index contributed by atoms with van der Waals surface area (Å²) in [5.74, 6) is 0.661. The molecule has 1 aliphatic heterocycles. The zero-order valence-corrected chi connectivity index (χ0v) is 17.9. The summed E-state index contributed by atoms with van der Waals surface area (Å²) in [7, 11) is 0. The first-order chi connectivity index (χ1) is 15.6. The van der Waals surface area contributed by atoms with Crippen molar-refractivity contribution in [1.82, 2.24) is 15.2 Å². The summed E-state index contributed by atoms with van der Waals surface area (Å²) in [6.45, 7) is 2.28. The number of para-hydroxylation sites is 1. The smallest absolute Gasteiger partial charge is 0.277 e. The van der Waals surface area contributed by atoms with Crippen molar-refractivity contribution in [3.63, 3.8) is 0 Å². The van der Waals surface area contributed by atoms with Crippen LogP contribution in [0.1, 0.15) is 35.3 Å². The van der Waals surface area contributed by atoms with Crippen molar-refractivity contribution >= 4 is 11.8 Å². The third kappa shape index (κ3) is 4.23. The minimum Gasteiger partial charge on any atom is -0.488 e. The SMILES string of the molecule is Cc1cccc(-c2ocnc2C(=O)N2C[C@@H](Oc3ccccc3)C[C@H]2C(=O)NC2CC2)c1. The fourth-order valence-electron chi connectivity index (χ4n) is 4.10. The van der Waals surface area contributed by atoms with E-state index in [9.17, 15) is 9.59 Å². The maximum absolute atomic E-state index is 13.6. The maximum Gasteiger partial charge on any atom is 0.277 e. The van der Waals surface area contributed by atoms with Crippen molar-refractivity contribution < 1.29 is 18.7 Å². The summed E-state index contributed by atoms with van der Waals surface area (Å²) in [6.07, 6.45) is 3.38. The highest BCUT2D eigenvalue weighted by molar-refractivity contribution is 6.00. The van der Waals surface area contributed by atoms with E-state index in [0.717, 1.165) is 29.7 Å². The Morgan fingerprint density at radius 1 is 1.12 bits per heavy atom. The molecule has 2 aliphatic rings. The summed E-state index contributed by atoms with van der Waals surface area (Å²) in [5, 5.41) is 3.03. The predicted octanol–water partition coefficient (Wildman–Crippen LogP) is 3.59. The van der Waals surface area contributed by atoms with Crippen LogP contribution in [0.2, 0.25) is 0 Å². The molecule has 2 aromatic carbocycles. The van der Waals surface area contributed by atoms with E-state index in [1.165, 1.54) is 6.39 Å². The maximum atomic E-state index is 13.6. The van der Waals surface area contributed by atoms with Gasteiger partial charge in [0.2, 0.25) is 5.91 Å². The van der Waals surface area contributed by atoms with Crippen LogP contribution in [0.3, 0.4) is 0 Å². The van der Waals surface area contributed by atoms with Gasteiger partial charge < -0.3 is 19.4 Å². The lowest BCUT2D eigenvalue weighted by Gasteiger charge is -2.23. The van der Waals surface area contributed by atoms with Crippen LogP contribution < -0.4 is 10.1 Å². The Bertz CT molecular complexity index is 1120. The summed E-state index contributed by atoms with van der Waals surface area (Å²) in [4.78, 5) is 32.3. The van der Waals surface area contributed by atoms with E-state index in [1.54, 1.807) is 4.90 Å². The third-order valence-corrected chi connectivity index (χ3v) is 5.85. The Kier molecular flexibility index (Phi) is 5.39. The molecule has 32 heavy (non-hydrogen) atoms. The largest absolute Gasteiger partial charge is 0.488 e. The number of carbonyl (C=O) groups is 2. The average Bonchev–Trinajstić information content (AvgIpc) is 3.31. The van der Waals surface area contributed by atoms with Gasteiger partial charge >= 0.3 is 0 Å². The molecule has 0 spiro atoms. The zero-order valence-electron chi connectivity index (χ0n) is 17.9. The van der Waals surface area contributed by atoms with Gasteiger partial charge in [-0.25, -0.2) is 4.98 Å². The zero-order chi connectivity index (χ0) is 22.1. The Hall–Kier alpha value is -3.61. The normalized spacial score (nSPS) is 20.2. The molecule has 5 rings (SSSR count). The molecule has 1 aliphatic carbocycles. The first-order valence-electron chi connectivity index (χ1n) is 10.9. The van der Waals surface area contributed by atoms with Crippen molar-refractivity contribution in [2.24, 2.45) is 0 Å². The van der Waals surface area contributed by atoms with Crippen molar-refractivity contribution in [2.45, 2.75) is 44.4 Å². The Labute approximate surface area is 186 Å². The highest BCUT2D eigenvalue weighted by Gasteiger charge is 2.43. The van der Waals surface area contributed by atoms with Crippen molar-refractivity contribution in [2.75, 3.05) is 6.54 Å². The van der Waals surface area contributed by atoms with Crippen LogP contribution in [-0.2, 0) is 4.79 Å². The molecule has 7 nitrogen and oxygen atoms in total. The van der Waals surface area contributed by atoms with E-state index >= 15 is 0 Å². The number of amides is 2. The number of aromatic nitrogens is 1. The standard InChI is InChI=1S/C25H25N3O4/c1-16-6-5-7-17(12-16)23-22(26-15-31-23)25(30)28-14-20(32-19-8-3-2-4-9-19)13-21(28)24(29)27-18-10-11-18/h2-9,12,15,18,20-21H,10-11,13-14H2,1H3,(H,27,29)/t20-,21-/m0/s1. The van der Waals surface area contributed by atoms with Gasteiger partial charge in [-0.3, -0.25) is 9.59 Å². The number of nitrogens with zero attached hydrogens (tertiary/aromatic N) is 2. The van der Waals surface area contributed by atoms with Crippen molar-refractivity contribution in [1.29, 1.82) is 0 Å².